The van der Waals surface area contributed by atoms with Gasteiger partial charge in [-0.1, -0.05) is 12.1 Å². The molecule has 134 valence electrons. The number of benzene rings is 1. The second-order valence-corrected chi connectivity index (χ2v) is 6.19. The van der Waals surface area contributed by atoms with Gasteiger partial charge in [0.1, 0.15) is 5.82 Å². The lowest BCUT2D eigenvalue weighted by Gasteiger charge is -2.33. The van der Waals surface area contributed by atoms with Gasteiger partial charge in [0.15, 0.2) is 0 Å². The molecule has 0 bridgehead atoms. The molecule has 1 aliphatic rings. The minimum absolute atomic E-state index is 0.0896. The molecule has 25 heavy (non-hydrogen) atoms. The summed E-state index contributed by atoms with van der Waals surface area (Å²) in [6.07, 6.45) is 7.09. The fraction of sp³-hybridized carbons (Fsp3) is 0.444. The fourth-order valence-corrected chi connectivity index (χ4v) is 3.16. The van der Waals surface area contributed by atoms with E-state index >= 15 is 0 Å². The molecule has 1 aliphatic heterocycles. The second kappa shape index (κ2) is 8.11. The third kappa shape index (κ3) is 4.36. The number of hydrogen-bond acceptors (Lipinski definition) is 3. The van der Waals surface area contributed by atoms with Crippen LogP contribution in [0.3, 0.4) is 0 Å². The highest BCUT2D eigenvalue weighted by Crippen LogP contribution is 2.22. The van der Waals surface area contributed by atoms with Crippen LogP contribution in [0.5, 0.6) is 0 Å². The van der Waals surface area contributed by atoms with Crippen LogP contribution >= 0.6 is 0 Å². The van der Waals surface area contributed by atoms with Gasteiger partial charge in [0.25, 0.3) is 0 Å². The summed E-state index contributed by atoms with van der Waals surface area (Å²) in [4.78, 5) is 18.3. The fourth-order valence-electron chi connectivity index (χ4n) is 3.16. The molecule has 1 atom stereocenters. The lowest BCUT2D eigenvalue weighted by atomic mass is 10.1. The van der Waals surface area contributed by atoms with Gasteiger partial charge in [-0.25, -0.2) is 14.2 Å². The Morgan fingerprint density at radius 1 is 1.36 bits per heavy atom. The van der Waals surface area contributed by atoms with E-state index in [9.17, 15) is 9.18 Å². The largest absolute Gasteiger partial charge is 0.375 e. The number of piperidine rings is 1. The number of nitrogens with zero attached hydrogens (tertiary/aromatic N) is 3. The third-order valence-corrected chi connectivity index (χ3v) is 4.66. The number of nitrogens with one attached hydrogen (secondary N) is 1. The van der Waals surface area contributed by atoms with Crippen molar-refractivity contribution in [2.24, 2.45) is 0 Å². The summed E-state index contributed by atoms with van der Waals surface area (Å²) in [6, 6.07) is 6.44. The third-order valence-electron chi connectivity index (χ3n) is 4.66. The Bertz CT molecular complexity index is 667. The van der Waals surface area contributed by atoms with E-state index in [0.717, 1.165) is 18.4 Å². The number of imidazole rings is 1. The summed E-state index contributed by atoms with van der Waals surface area (Å²) in [5, 5.41) is 2.92. The first-order valence-corrected chi connectivity index (χ1v) is 8.46. The predicted octanol–water partition coefficient (Wildman–Crippen LogP) is 2.76. The van der Waals surface area contributed by atoms with Gasteiger partial charge in [-0.05, 0) is 30.5 Å². The van der Waals surface area contributed by atoms with Gasteiger partial charge < -0.3 is 19.5 Å². The van der Waals surface area contributed by atoms with Crippen molar-refractivity contribution in [1.82, 2.24) is 19.8 Å². The normalized spacial score (nSPS) is 16.6. The maximum absolute atomic E-state index is 13.0. The Balaban J connectivity index is 1.48. The van der Waals surface area contributed by atoms with Gasteiger partial charge in [0.2, 0.25) is 0 Å². The SMILES string of the molecule is CO[C@H](CNC(=O)N1CCC(n2ccnc2)CC1)c1ccc(F)cc1. The first-order valence-electron chi connectivity index (χ1n) is 8.46. The smallest absolute Gasteiger partial charge is 0.317 e. The summed E-state index contributed by atoms with van der Waals surface area (Å²) in [6.45, 7) is 1.77. The number of urea groups is 1. The van der Waals surface area contributed by atoms with Crippen molar-refractivity contribution >= 4 is 6.03 Å². The molecule has 7 heteroatoms. The molecule has 1 N–H and O–H groups in total. The van der Waals surface area contributed by atoms with Gasteiger partial charge in [-0.2, -0.15) is 0 Å². The van der Waals surface area contributed by atoms with Gasteiger partial charge in [0, 0.05) is 45.2 Å². The number of likely N-dealkylation sites (tertiary alicyclic amines) is 1. The number of carbonyl (C=O) groups excluding carboxylic acids is 1. The molecule has 1 fully saturated rings. The van der Waals surface area contributed by atoms with Crippen LogP contribution in [0.1, 0.15) is 30.6 Å². The zero-order valence-electron chi connectivity index (χ0n) is 14.3. The molecule has 0 aliphatic carbocycles. The molecule has 3 rings (SSSR count). The number of aromatic nitrogens is 2. The van der Waals surface area contributed by atoms with E-state index in [1.807, 2.05) is 17.4 Å². The minimum atomic E-state index is -0.298. The van der Waals surface area contributed by atoms with Crippen LogP contribution in [-0.2, 0) is 4.74 Å². The molecule has 0 saturated carbocycles. The Morgan fingerprint density at radius 3 is 2.68 bits per heavy atom. The van der Waals surface area contributed by atoms with Crippen molar-refractivity contribution in [3.8, 4) is 0 Å². The van der Waals surface area contributed by atoms with Crippen LogP contribution in [0.2, 0.25) is 0 Å². The molecule has 0 radical (unpaired) electrons. The quantitative estimate of drug-likeness (QED) is 0.906. The highest BCUT2D eigenvalue weighted by Gasteiger charge is 2.24. The summed E-state index contributed by atoms with van der Waals surface area (Å²) in [5.41, 5.74) is 0.836. The second-order valence-electron chi connectivity index (χ2n) is 6.19. The summed E-state index contributed by atoms with van der Waals surface area (Å²) in [7, 11) is 1.58. The Morgan fingerprint density at radius 2 is 2.08 bits per heavy atom. The standard InChI is InChI=1S/C18H23FN4O2/c1-25-17(14-2-4-15(19)5-3-14)12-21-18(24)22-9-6-16(7-10-22)23-11-8-20-13-23/h2-5,8,11,13,16-17H,6-7,9-10,12H2,1H3,(H,21,24)/t17-/m1/s1. The van der Waals surface area contributed by atoms with Crippen LogP contribution in [0.4, 0.5) is 9.18 Å². The van der Waals surface area contributed by atoms with Crippen LogP contribution < -0.4 is 5.32 Å². The summed E-state index contributed by atoms with van der Waals surface area (Å²) in [5.74, 6) is -0.289. The average molecular weight is 346 g/mol. The number of carbonyl (C=O) groups is 1. The first-order chi connectivity index (χ1) is 12.2. The van der Waals surface area contributed by atoms with Crippen molar-refractivity contribution in [3.05, 3.63) is 54.4 Å². The van der Waals surface area contributed by atoms with E-state index in [4.69, 9.17) is 4.74 Å². The van der Waals surface area contributed by atoms with E-state index in [1.165, 1.54) is 12.1 Å². The van der Waals surface area contributed by atoms with Gasteiger partial charge in [-0.3, -0.25) is 0 Å². The highest BCUT2D eigenvalue weighted by molar-refractivity contribution is 5.74. The number of ether oxygens (including phenoxy) is 1. The molecule has 2 aromatic rings. The zero-order valence-corrected chi connectivity index (χ0v) is 14.3. The molecule has 2 heterocycles. The van der Waals surface area contributed by atoms with Crippen LogP contribution in [0.25, 0.3) is 0 Å². The van der Waals surface area contributed by atoms with E-state index in [2.05, 4.69) is 14.9 Å². The van der Waals surface area contributed by atoms with Crippen molar-refractivity contribution < 1.29 is 13.9 Å². The molecule has 0 spiro atoms. The Labute approximate surface area is 146 Å². The number of rotatable bonds is 5. The molecular weight excluding hydrogens is 323 g/mol. The van der Waals surface area contributed by atoms with Crippen LogP contribution in [0.15, 0.2) is 43.0 Å². The van der Waals surface area contributed by atoms with E-state index in [0.29, 0.717) is 25.7 Å². The lowest BCUT2D eigenvalue weighted by molar-refractivity contribution is 0.0998. The Hall–Kier alpha value is -2.41. The van der Waals surface area contributed by atoms with Gasteiger partial charge >= 0.3 is 6.03 Å². The average Bonchev–Trinajstić information content (AvgIpc) is 3.18. The summed E-state index contributed by atoms with van der Waals surface area (Å²) >= 11 is 0. The number of methoxy groups -OCH3 is 1. The molecule has 1 aromatic heterocycles. The van der Waals surface area contributed by atoms with E-state index in [-0.39, 0.29) is 18.0 Å². The van der Waals surface area contributed by atoms with Gasteiger partial charge in [-0.15, -0.1) is 0 Å². The molecular formula is C18H23FN4O2. The van der Waals surface area contributed by atoms with Crippen molar-refractivity contribution in [2.45, 2.75) is 25.0 Å². The highest BCUT2D eigenvalue weighted by atomic mass is 19.1. The molecule has 1 aromatic carbocycles. The molecule has 2 amide bonds. The number of halogens is 1. The molecule has 6 nitrogen and oxygen atoms in total. The monoisotopic (exact) mass is 346 g/mol. The number of amides is 2. The topological polar surface area (TPSA) is 59.4 Å². The van der Waals surface area contributed by atoms with Crippen LogP contribution in [-0.4, -0.2) is 47.2 Å². The molecule has 0 unspecified atom stereocenters. The van der Waals surface area contributed by atoms with Crippen LogP contribution in [0, 0.1) is 5.82 Å². The minimum Gasteiger partial charge on any atom is -0.375 e. The van der Waals surface area contributed by atoms with Crippen molar-refractivity contribution in [1.29, 1.82) is 0 Å². The number of hydrogen-bond donors (Lipinski definition) is 1. The molecule has 1 saturated heterocycles. The maximum atomic E-state index is 13.0. The van der Waals surface area contributed by atoms with Gasteiger partial charge in [0.05, 0.1) is 12.4 Å². The van der Waals surface area contributed by atoms with E-state index in [1.54, 1.807) is 25.4 Å². The van der Waals surface area contributed by atoms with Crippen molar-refractivity contribution in [3.63, 3.8) is 0 Å². The van der Waals surface area contributed by atoms with E-state index < -0.39 is 0 Å². The lowest BCUT2D eigenvalue weighted by Crippen LogP contribution is -2.45. The predicted molar refractivity (Wildman–Crippen MR) is 91.6 cm³/mol. The Kier molecular flexibility index (Phi) is 5.65. The maximum Gasteiger partial charge on any atom is 0.317 e. The first kappa shape index (κ1) is 17.4. The van der Waals surface area contributed by atoms with Crippen molar-refractivity contribution in [2.75, 3.05) is 26.7 Å². The summed E-state index contributed by atoms with van der Waals surface area (Å²) < 4.78 is 20.5. The zero-order chi connectivity index (χ0) is 17.6.